The molecule has 0 radical (unpaired) electrons. The van der Waals surface area contributed by atoms with Crippen LogP contribution in [0.4, 0.5) is 0 Å². The normalized spacial score (nSPS) is 23.6. The van der Waals surface area contributed by atoms with Crippen LogP contribution in [0, 0.1) is 5.92 Å². The SMILES string of the molecule is CCC1OCCC1CNC(=S)NCCCOC. The summed E-state index contributed by atoms with van der Waals surface area (Å²) >= 11 is 5.21. The van der Waals surface area contributed by atoms with Gasteiger partial charge in [-0.25, -0.2) is 0 Å². The quantitative estimate of drug-likeness (QED) is 0.533. The Labute approximate surface area is 109 Å². The van der Waals surface area contributed by atoms with E-state index in [4.69, 9.17) is 21.7 Å². The highest BCUT2D eigenvalue weighted by Gasteiger charge is 2.26. The molecular formula is C12H24N2O2S. The third-order valence-corrected chi connectivity index (χ3v) is 3.37. The van der Waals surface area contributed by atoms with Gasteiger partial charge in [0.25, 0.3) is 0 Å². The first-order valence-electron chi connectivity index (χ1n) is 6.40. The van der Waals surface area contributed by atoms with Gasteiger partial charge >= 0.3 is 0 Å². The molecule has 0 aliphatic carbocycles. The van der Waals surface area contributed by atoms with E-state index in [1.807, 2.05) is 0 Å². The number of ether oxygens (including phenoxy) is 2. The van der Waals surface area contributed by atoms with Crippen molar-refractivity contribution in [3.05, 3.63) is 0 Å². The summed E-state index contributed by atoms with van der Waals surface area (Å²) in [5.41, 5.74) is 0. The first-order valence-corrected chi connectivity index (χ1v) is 6.81. The molecule has 17 heavy (non-hydrogen) atoms. The summed E-state index contributed by atoms with van der Waals surface area (Å²) in [5.74, 6) is 0.596. The molecule has 100 valence electrons. The highest BCUT2D eigenvalue weighted by atomic mass is 32.1. The van der Waals surface area contributed by atoms with Gasteiger partial charge < -0.3 is 20.1 Å². The minimum absolute atomic E-state index is 0.402. The molecule has 0 spiro atoms. The molecule has 0 bridgehead atoms. The molecular weight excluding hydrogens is 236 g/mol. The average Bonchev–Trinajstić information content (AvgIpc) is 2.79. The number of thiocarbonyl (C=S) groups is 1. The molecule has 5 heteroatoms. The van der Waals surface area contributed by atoms with E-state index in [1.165, 1.54) is 0 Å². The summed E-state index contributed by atoms with van der Waals surface area (Å²) in [6.07, 6.45) is 3.60. The lowest BCUT2D eigenvalue weighted by molar-refractivity contribution is 0.0883. The molecule has 0 aromatic rings. The molecule has 2 atom stereocenters. The molecule has 0 saturated carbocycles. The topological polar surface area (TPSA) is 42.5 Å². The molecule has 1 fully saturated rings. The molecule has 1 heterocycles. The Balaban J connectivity index is 2.06. The summed E-state index contributed by atoms with van der Waals surface area (Å²) < 4.78 is 10.6. The number of hydrogen-bond donors (Lipinski definition) is 2. The van der Waals surface area contributed by atoms with Crippen LogP contribution >= 0.6 is 12.2 Å². The van der Waals surface area contributed by atoms with E-state index in [0.717, 1.165) is 50.7 Å². The first kappa shape index (κ1) is 14.7. The van der Waals surface area contributed by atoms with Gasteiger partial charge in [-0.3, -0.25) is 0 Å². The van der Waals surface area contributed by atoms with Crippen molar-refractivity contribution in [2.75, 3.05) is 33.4 Å². The van der Waals surface area contributed by atoms with E-state index < -0.39 is 0 Å². The second kappa shape index (κ2) is 8.66. The van der Waals surface area contributed by atoms with Crippen LogP contribution in [0.2, 0.25) is 0 Å². The zero-order valence-corrected chi connectivity index (χ0v) is 11.6. The Morgan fingerprint density at radius 2 is 2.29 bits per heavy atom. The highest BCUT2D eigenvalue weighted by molar-refractivity contribution is 7.80. The fourth-order valence-corrected chi connectivity index (χ4v) is 2.27. The van der Waals surface area contributed by atoms with Gasteiger partial charge in [0.2, 0.25) is 0 Å². The molecule has 2 unspecified atom stereocenters. The van der Waals surface area contributed by atoms with Gasteiger partial charge in [-0.1, -0.05) is 6.92 Å². The van der Waals surface area contributed by atoms with Crippen LogP contribution in [0.1, 0.15) is 26.2 Å². The van der Waals surface area contributed by atoms with Crippen LogP contribution in [0.3, 0.4) is 0 Å². The minimum Gasteiger partial charge on any atom is -0.385 e. The van der Waals surface area contributed by atoms with Gasteiger partial charge in [0.05, 0.1) is 6.10 Å². The Kier molecular flexibility index (Phi) is 7.48. The zero-order chi connectivity index (χ0) is 12.5. The number of hydrogen-bond acceptors (Lipinski definition) is 3. The molecule has 4 nitrogen and oxygen atoms in total. The molecule has 1 aliphatic heterocycles. The highest BCUT2D eigenvalue weighted by Crippen LogP contribution is 2.22. The second-order valence-corrected chi connectivity index (χ2v) is 4.76. The predicted octanol–water partition coefficient (Wildman–Crippen LogP) is 1.30. The Morgan fingerprint density at radius 1 is 1.47 bits per heavy atom. The maximum absolute atomic E-state index is 5.64. The first-order chi connectivity index (χ1) is 8.27. The van der Waals surface area contributed by atoms with Crippen LogP contribution in [0.25, 0.3) is 0 Å². The van der Waals surface area contributed by atoms with E-state index in [0.29, 0.717) is 12.0 Å². The van der Waals surface area contributed by atoms with Crippen LogP contribution in [0.15, 0.2) is 0 Å². The van der Waals surface area contributed by atoms with E-state index in [9.17, 15) is 0 Å². The molecule has 2 N–H and O–H groups in total. The molecule has 1 aliphatic rings. The maximum atomic E-state index is 5.64. The van der Waals surface area contributed by atoms with E-state index in [-0.39, 0.29) is 0 Å². The van der Waals surface area contributed by atoms with Crippen LogP contribution < -0.4 is 10.6 Å². The summed E-state index contributed by atoms with van der Waals surface area (Å²) in [4.78, 5) is 0. The number of nitrogens with one attached hydrogen (secondary N) is 2. The molecule has 0 aromatic carbocycles. The van der Waals surface area contributed by atoms with Gasteiger partial charge in [-0.15, -0.1) is 0 Å². The van der Waals surface area contributed by atoms with Crippen molar-refractivity contribution >= 4 is 17.3 Å². The lowest BCUT2D eigenvalue weighted by Crippen LogP contribution is -2.40. The van der Waals surface area contributed by atoms with Gasteiger partial charge in [0.15, 0.2) is 5.11 Å². The largest absolute Gasteiger partial charge is 0.385 e. The van der Waals surface area contributed by atoms with Gasteiger partial charge in [-0.2, -0.15) is 0 Å². The van der Waals surface area contributed by atoms with Crippen molar-refractivity contribution in [1.29, 1.82) is 0 Å². The Morgan fingerprint density at radius 3 is 3.00 bits per heavy atom. The van der Waals surface area contributed by atoms with Crippen molar-refractivity contribution in [3.63, 3.8) is 0 Å². The number of methoxy groups -OCH3 is 1. The third kappa shape index (κ3) is 5.66. The fraction of sp³-hybridized carbons (Fsp3) is 0.917. The van der Waals surface area contributed by atoms with E-state index >= 15 is 0 Å². The van der Waals surface area contributed by atoms with Crippen molar-refractivity contribution in [2.45, 2.75) is 32.3 Å². The maximum Gasteiger partial charge on any atom is 0.166 e. The third-order valence-electron chi connectivity index (χ3n) is 3.08. The monoisotopic (exact) mass is 260 g/mol. The standard InChI is InChI=1S/C12H24N2O2S/c1-3-11-10(5-8-16-11)9-14-12(17)13-6-4-7-15-2/h10-11H,3-9H2,1-2H3,(H2,13,14,17). The van der Waals surface area contributed by atoms with E-state index in [2.05, 4.69) is 17.6 Å². The van der Waals surface area contributed by atoms with Crippen molar-refractivity contribution < 1.29 is 9.47 Å². The second-order valence-electron chi connectivity index (χ2n) is 4.35. The van der Waals surface area contributed by atoms with Crippen LogP contribution in [-0.4, -0.2) is 44.6 Å². The molecule has 0 amide bonds. The number of rotatable bonds is 7. The van der Waals surface area contributed by atoms with Crippen LogP contribution in [0.5, 0.6) is 0 Å². The Hall–Kier alpha value is -0.390. The average molecular weight is 260 g/mol. The lowest BCUT2D eigenvalue weighted by Gasteiger charge is -2.18. The predicted molar refractivity (Wildman–Crippen MR) is 73.2 cm³/mol. The van der Waals surface area contributed by atoms with Crippen molar-refractivity contribution in [3.8, 4) is 0 Å². The van der Waals surface area contributed by atoms with Gasteiger partial charge in [-0.05, 0) is 31.5 Å². The lowest BCUT2D eigenvalue weighted by atomic mass is 10.00. The zero-order valence-electron chi connectivity index (χ0n) is 10.8. The Bertz CT molecular complexity index is 227. The summed E-state index contributed by atoms with van der Waals surface area (Å²) in [6.45, 7) is 5.60. The van der Waals surface area contributed by atoms with E-state index in [1.54, 1.807) is 7.11 Å². The van der Waals surface area contributed by atoms with Crippen LogP contribution in [-0.2, 0) is 9.47 Å². The summed E-state index contributed by atoms with van der Waals surface area (Å²) in [5, 5.41) is 7.18. The molecule has 1 saturated heterocycles. The van der Waals surface area contributed by atoms with Gasteiger partial charge in [0.1, 0.15) is 0 Å². The van der Waals surface area contributed by atoms with Crippen molar-refractivity contribution in [1.82, 2.24) is 10.6 Å². The summed E-state index contributed by atoms with van der Waals surface area (Å²) in [7, 11) is 1.71. The smallest absolute Gasteiger partial charge is 0.166 e. The fourth-order valence-electron chi connectivity index (χ4n) is 2.08. The molecule has 0 aromatic heterocycles. The summed E-state index contributed by atoms with van der Waals surface area (Å²) in [6, 6.07) is 0. The minimum atomic E-state index is 0.402. The van der Waals surface area contributed by atoms with Gasteiger partial charge in [0, 0.05) is 39.3 Å². The van der Waals surface area contributed by atoms with Crippen molar-refractivity contribution in [2.24, 2.45) is 5.92 Å². The molecule has 1 rings (SSSR count).